The van der Waals surface area contributed by atoms with Crippen LogP contribution in [0, 0.1) is 11.5 Å². The van der Waals surface area contributed by atoms with Gasteiger partial charge in [-0.3, -0.25) is 9.36 Å². The van der Waals surface area contributed by atoms with E-state index in [4.69, 9.17) is 96.0 Å². The molecule has 1 heterocycles. The number of hydrogen-bond donors (Lipinski definition) is 9. The number of carbonyl (C=O) groups is 13. The molecule has 0 atom stereocenters. The minimum absolute atomic E-state index is 0.0441. The average molecular weight is 2080 g/mol. The third kappa shape index (κ3) is 120. The summed E-state index contributed by atoms with van der Waals surface area (Å²) in [5.41, 5.74) is -1.49. The number of urea groups is 2. The summed E-state index contributed by atoms with van der Waals surface area (Å²) < 4.78 is 91.5. The minimum atomic E-state index is -0.688. The number of nitrogens with zero attached hydrogens (tertiary/aromatic N) is 4. The van der Waals surface area contributed by atoms with Crippen LogP contribution in [0.2, 0.25) is 0 Å². The maximum absolute atomic E-state index is 11.7. The molecule has 9 N–H and O–H groups in total. The largest absolute Gasteiger partial charge is 0.508 e. The first-order valence-electron chi connectivity index (χ1n) is 52.0. The summed E-state index contributed by atoms with van der Waals surface area (Å²) in [6.07, 6.45) is 37.2. The summed E-state index contributed by atoms with van der Waals surface area (Å²) in [4.78, 5) is 166. The van der Waals surface area contributed by atoms with E-state index < -0.39 is 78.2 Å². The van der Waals surface area contributed by atoms with Crippen molar-refractivity contribution >= 4 is 85.4 Å². The number of aliphatic hydroxyl groups excluding tert-OH is 2. The van der Waals surface area contributed by atoms with Crippen molar-refractivity contribution in [1.29, 1.82) is 5.26 Å². The number of nitrogens with one attached hydrogen (secondary N) is 7. The molecule has 0 radical (unpaired) electrons. The lowest BCUT2D eigenvalue weighted by atomic mass is 10.2. The third-order valence-electron chi connectivity index (χ3n) is 19.0. The number of unbranched alkanes of at least 4 members (excludes halogenated alkanes) is 32. The van der Waals surface area contributed by atoms with Crippen molar-refractivity contribution in [3.05, 3.63) is 18.7 Å². The van der Waals surface area contributed by atoms with Crippen LogP contribution in [-0.2, 0) is 90.1 Å². The minimum Gasteiger partial charge on any atom is -0.444 e. The Balaban J connectivity index is -0.000000966. The fourth-order valence-corrected chi connectivity index (χ4v) is 11.7. The second kappa shape index (κ2) is 104. The second-order valence-corrected chi connectivity index (χ2v) is 35.9. The molecule has 1 aromatic rings. The lowest BCUT2D eigenvalue weighted by Crippen LogP contribution is -2.35. The van der Waals surface area contributed by atoms with E-state index >= 15 is 0 Å². The first kappa shape index (κ1) is 140. The quantitative estimate of drug-likeness (QED) is 0.00730. The topological polar surface area (TPSA) is 584 Å². The van der Waals surface area contributed by atoms with Crippen molar-refractivity contribution in [3.63, 3.8) is 0 Å². The monoisotopic (exact) mass is 2080 g/mol. The van der Waals surface area contributed by atoms with Gasteiger partial charge in [0.1, 0.15) is 23.1 Å². The molecule has 0 aliphatic carbocycles. The number of nitriles is 1. The van der Waals surface area contributed by atoms with Crippen molar-refractivity contribution < 1.29 is 163 Å². The zero-order valence-corrected chi connectivity index (χ0v) is 89.1. The van der Waals surface area contributed by atoms with Crippen molar-refractivity contribution in [3.8, 4) is 6.26 Å². The van der Waals surface area contributed by atoms with Crippen LogP contribution in [0.15, 0.2) is 23.7 Å². The average Bonchev–Trinajstić information content (AvgIpc) is 1.85. The second-order valence-electron chi connectivity index (χ2n) is 35.9. The molecule has 840 valence electrons. The van der Waals surface area contributed by atoms with Gasteiger partial charge in [0.2, 0.25) is 18.7 Å². The van der Waals surface area contributed by atoms with Crippen LogP contribution in [0.25, 0.3) is 0 Å². The van der Waals surface area contributed by atoms with Crippen molar-refractivity contribution in [1.82, 2.24) is 46.8 Å². The fourth-order valence-electron chi connectivity index (χ4n) is 11.7. The highest BCUT2D eigenvalue weighted by atomic mass is 16.8. The highest BCUT2D eigenvalue weighted by Gasteiger charge is 2.20. The molecule has 1 aromatic heterocycles. The van der Waals surface area contributed by atoms with E-state index in [1.165, 1.54) is 23.2 Å². The molecule has 7 amide bonds. The summed E-state index contributed by atoms with van der Waals surface area (Å²) in [7, 11) is 0. The Morgan fingerprint density at radius 1 is 0.303 bits per heavy atom. The van der Waals surface area contributed by atoms with E-state index in [0.29, 0.717) is 143 Å². The molecule has 0 bridgehead atoms. The Kier molecular flexibility index (Phi) is 100. The van der Waals surface area contributed by atoms with E-state index in [9.17, 15) is 67.1 Å². The Bertz CT molecular complexity index is 3290. The summed E-state index contributed by atoms with van der Waals surface area (Å²) in [6, 6.07) is -0.306. The van der Waals surface area contributed by atoms with Gasteiger partial charge in [-0.25, -0.2) is 67.3 Å². The molecule has 0 spiro atoms. The number of aliphatic hydroxyl groups is 2. The molecule has 45 heteroatoms. The van der Waals surface area contributed by atoms with Crippen LogP contribution in [0.4, 0.5) is 57.5 Å². The van der Waals surface area contributed by atoms with Gasteiger partial charge in [-0.15, -0.1) is 0 Å². The molecule has 0 aliphatic heterocycles. The summed E-state index contributed by atoms with van der Waals surface area (Å²) in [5, 5.41) is 43.8. The van der Waals surface area contributed by atoms with Gasteiger partial charge in [0, 0.05) is 77.8 Å². The molecule has 0 aromatic carbocycles. The highest BCUT2D eigenvalue weighted by molar-refractivity contribution is 5.78. The molecule has 0 fully saturated rings. The van der Waals surface area contributed by atoms with Gasteiger partial charge in [0.25, 0.3) is 6.26 Å². The number of amides is 7. The fraction of sp³-hybridized carbons (Fsp3) is 0.820. The van der Waals surface area contributed by atoms with E-state index in [1.54, 1.807) is 12.4 Å². The van der Waals surface area contributed by atoms with Crippen LogP contribution in [0.3, 0.4) is 0 Å². The number of hydrogen-bond acceptors (Lipinski definition) is 37. The van der Waals surface area contributed by atoms with Crippen LogP contribution >= 0.6 is 0 Å². The van der Waals surface area contributed by atoms with Gasteiger partial charge in [-0.2, -0.15) is 10.3 Å². The van der Waals surface area contributed by atoms with E-state index in [-0.39, 0.29) is 90.8 Å². The highest BCUT2D eigenvalue weighted by Crippen LogP contribution is 2.15. The molecule has 0 aliphatic rings. The SMILES string of the molecule is CC(C)(C)OC(=O)NCCCCCC(=O)n1ccnc1.CC(C)(C)OC(=O)NCCCCCCOC(=O)OCCCCCCOC(=O)OCCCCCCOC(=O)OCCCCCCNC(=O)OC(C)(C)C.CCNC(=O)NCCCCCCOC(=O)OCCCCCCOC(=O)OCCCCCCOC(=O)OCCCCCCNC(=O)NCC.N#COCN=C=O.O=C(OCCCCCCO)OCCCCCCO. The third-order valence-corrected chi connectivity index (χ3v) is 19.0. The number of imidazole rings is 1. The Labute approximate surface area is 860 Å². The van der Waals surface area contributed by atoms with Gasteiger partial charge in [0.15, 0.2) is 0 Å². The first-order valence-corrected chi connectivity index (χ1v) is 52.0. The van der Waals surface area contributed by atoms with Crippen LogP contribution in [0.1, 0.15) is 363 Å². The van der Waals surface area contributed by atoms with Crippen molar-refractivity contribution in [2.45, 2.75) is 375 Å². The Hall–Kier alpha value is -11.3. The van der Waals surface area contributed by atoms with E-state index in [1.807, 2.05) is 76.2 Å². The summed E-state index contributed by atoms with van der Waals surface area (Å²) in [6.45, 7) is 28.6. The summed E-state index contributed by atoms with van der Waals surface area (Å²) >= 11 is 0. The number of aliphatic imine (C=N–C) groups is 1. The number of rotatable bonds is 78. The number of alkyl carbamates (subject to hydrolysis) is 3. The van der Waals surface area contributed by atoms with E-state index in [0.717, 1.165) is 225 Å². The summed E-state index contributed by atoms with van der Waals surface area (Å²) in [5.74, 6) is 0.0441. The van der Waals surface area contributed by atoms with Gasteiger partial charge < -0.3 is 133 Å². The molecule has 0 saturated heterocycles. The molecular weight excluding hydrogens is 1900 g/mol. The maximum atomic E-state index is 11.7. The van der Waals surface area contributed by atoms with Crippen molar-refractivity contribution in [2.24, 2.45) is 4.99 Å². The predicted octanol–water partition coefficient (Wildman–Crippen LogP) is 19.7. The van der Waals surface area contributed by atoms with Gasteiger partial charge >= 0.3 is 73.4 Å². The van der Waals surface area contributed by atoms with Gasteiger partial charge in [-0.05, 0) is 307 Å². The molecule has 0 unspecified atom stereocenters. The number of ether oxygens (including phenoxy) is 18. The zero-order valence-electron chi connectivity index (χ0n) is 89.1. The first-order chi connectivity index (χ1) is 69.7. The molecular formula is C100H181N11O34. The van der Waals surface area contributed by atoms with Crippen LogP contribution in [0.5, 0.6) is 0 Å². The number of aromatic nitrogens is 2. The smallest absolute Gasteiger partial charge is 0.444 e. The molecule has 45 nitrogen and oxygen atoms in total. The number of carbonyl (C=O) groups excluding carboxylic acids is 14. The number of isocyanates is 1. The Morgan fingerprint density at radius 2 is 0.510 bits per heavy atom. The predicted molar refractivity (Wildman–Crippen MR) is 538 cm³/mol. The van der Waals surface area contributed by atoms with E-state index in [2.05, 4.69) is 51.9 Å². The normalized spacial score (nSPS) is 10.5. The van der Waals surface area contributed by atoms with Crippen molar-refractivity contribution in [2.75, 3.05) is 158 Å². The molecule has 145 heavy (non-hydrogen) atoms. The lowest BCUT2D eigenvalue weighted by molar-refractivity contribution is 0.0484. The van der Waals surface area contributed by atoms with Gasteiger partial charge in [-0.1, -0.05) is 44.9 Å². The zero-order chi connectivity index (χ0) is 108. The lowest BCUT2D eigenvalue weighted by Gasteiger charge is -2.19. The Morgan fingerprint density at radius 3 is 0.697 bits per heavy atom. The standard InChI is InChI=1S/C37H68N2O13.C33H62N4O11.C14H23N3O3.C13H26O5.C3H2N2O2/c1-36(2,3)51-31(40)38-23-15-7-9-17-25-45-33(42)47-27-19-11-13-21-29-49-35(44)50-30-22-14-12-20-28-48-34(43)46-26-18-10-8-16-24-39-32(41)52-37(4,5)6;1-3-34-29(38)36-21-13-5-7-15-23-43-31(40)45-25-17-9-11-19-27-47-33(42)48-28-20-12-10-18-26-46-32(41)44-24-16-8-6-14-22-37-30(39)35-4-2;1-14(2,3)20-13(19)16-8-6-4-5-7-12(18)17-10-9-15-11-17;14-9-5-1-3-7-11-17-13(16)18-12-8-4-2-6-10-15;4-1-7-3-5-2-6/h7-30H2,1-6H3,(H,38,40)(H,39,41);3-28H2,1-2H3,(H2,34,36,38)(H2,35,37,39);9-11H,4-8H2,1-3H3,(H,16,19);14-15H,1-12H2;3H2. The maximum Gasteiger partial charge on any atom is 0.508 e. The van der Waals surface area contributed by atoms with Gasteiger partial charge in [0.05, 0.1) is 92.5 Å². The van der Waals surface area contributed by atoms with Crippen LogP contribution in [-0.4, -0.2) is 280 Å². The molecule has 0 saturated carbocycles. The molecule has 1 rings (SSSR count). The van der Waals surface area contributed by atoms with Crippen LogP contribution < -0.4 is 37.2 Å².